The van der Waals surface area contributed by atoms with Gasteiger partial charge < -0.3 is 20.1 Å². The van der Waals surface area contributed by atoms with Crippen LogP contribution in [0.5, 0.6) is 11.5 Å². The van der Waals surface area contributed by atoms with Gasteiger partial charge in [-0.15, -0.1) is 35.3 Å². The third-order valence-corrected chi connectivity index (χ3v) is 5.74. The molecule has 2 aromatic rings. The molecule has 0 amide bonds. The lowest BCUT2D eigenvalue weighted by molar-refractivity contribution is 0.171. The molecular formula is C20H29IN4O2S. The van der Waals surface area contributed by atoms with E-state index in [1.165, 1.54) is 10.4 Å². The Morgan fingerprint density at radius 1 is 1.21 bits per heavy atom. The number of aryl methyl sites for hydroxylation is 1. The van der Waals surface area contributed by atoms with E-state index in [1.54, 1.807) is 18.4 Å². The Hall–Kier alpha value is -1.55. The van der Waals surface area contributed by atoms with Gasteiger partial charge in [-0.3, -0.25) is 4.99 Å². The van der Waals surface area contributed by atoms with Crippen molar-refractivity contribution in [2.24, 2.45) is 4.99 Å². The minimum atomic E-state index is -0.0932. The largest absolute Gasteiger partial charge is 0.486 e. The minimum absolute atomic E-state index is 0. The van der Waals surface area contributed by atoms with Gasteiger partial charge in [-0.05, 0) is 24.1 Å². The molecular weight excluding hydrogens is 487 g/mol. The highest BCUT2D eigenvalue weighted by molar-refractivity contribution is 14.0. The van der Waals surface area contributed by atoms with Gasteiger partial charge in [0.2, 0.25) is 0 Å². The van der Waals surface area contributed by atoms with E-state index in [-0.39, 0.29) is 29.4 Å². The van der Waals surface area contributed by atoms with E-state index in [0.717, 1.165) is 35.4 Å². The maximum atomic E-state index is 5.72. The molecule has 1 aromatic carbocycles. The molecule has 0 fully saturated rings. The lowest BCUT2D eigenvalue weighted by Gasteiger charge is -2.28. The molecule has 0 aliphatic carbocycles. The number of aliphatic imine (C=N–C) groups is 1. The summed E-state index contributed by atoms with van der Waals surface area (Å²) < 4.78 is 11.3. The monoisotopic (exact) mass is 516 g/mol. The van der Waals surface area contributed by atoms with E-state index >= 15 is 0 Å². The lowest BCUT2D eigenvalue weighted by Crippen LogP contribution is -2.43. The zero-order chi connectivity index (χ0) is 19.3. The smallest absolute Gasteiger partial charge is 0.191 e. The van der Waals surface area contributed by atoms with Crippen molar-refractivity contribution in [1.29, 1.82) is 0 Å². The van der Waals surface area contributed by atoms with E-state index in [1.807, 2.05) is 12.3 Å². The molecule has 0 radical (unpaired) electrons. The standard InChI is InChI=1S/C20H28N4O2S.HI/c1-5-15-11-22-18(27-15)12-23-19(21-4)24-13-20(2,3)14-6-7-16-17(10-14)26-9-8-25-16;/h6-7,10-11H,5,8-9,12-13H2,1-4H3,(H2,21,23,24);1H. The number of nitrogens with one attached hydrogen (secondary N) is 2. The molecule has 1 aliphatic rings. The van der Waals surface area contributed by atoms with E-state index in [4.69, 9.17) is 9.47 Å². The van der Waals surface area contributed by atoms with Crippen molar-refractivity contribution in [2.75, 3.05) is 26.8 Å². The highest BCUT2D eigenvalue weighted by atomic mass is 127. The van der Waals surface area contributed by atoms with E-state index in [2.05, 4.69) is 53.5 Å². The molecule has 6 nitrogen and oxygen atoms in total. The first-order chi connectivity index (χ1) is 13.0. The van der Waals surface area contributed by atoms with Gasteiger partial charge in [-0.25, -0.2) is 4.98 Å². The summed E-state index contributed by atoms with van der Waals surface area (Å²) in [5.41, 5.74) is 1.10. The molecule has 28 heavy (non-hydrogen) atoms. The molecule has 0 spiro atoms. The Bertz CT molecular complexity index is 807. The number of thiazole rings is 1. The molecule has 1 aliphatic heterocycles. The Labute approximate surface area is 188 Å². The van der Waals surface area contributed by atoms with Gasteiger partial charge in [0.05, 0.1) is 6.54 Å². The number of fused-ring (bicyclic) bond motifs is 1. The summed E-state index contributed by atoms with van der Waals surface area (Å²) in [7, 11) is 1.78. The summed E-state index contributed by atoms with van der Waals surface area (Å²) in [6.45, 7) is 9.17. The second kappa shape index (κ2) is 10.3. The number of hydrogen-bond acceptors (Lipinski definition) is 5. The summed E-state index contributed by atoms with van der Waals surface area (Å²) in [5.74, 6) is 2.42. The predicted octanol–water partition coefficient (Wildman–Crippen LogP) is 3.74. The number of rotatable bonds is 6. The third-order valence-electron chi connectivity index (χ3n) is 4.60. The third kappa shape index (κ3) is 5.73. The summed E-state index contributed by atoms with van der Waals surface area (Å²) >= 11 is 1.74. The molecule has 3 rings (SSSR count). The molecule has 2 heterocycles. The first-order valence-corrected chi connectivity index (χ1v) is 10.1. The molecule has 0 unspecified atom stereocenters. The Kier molecular flexibility index (Phi) is 8.36. The van der Waals surface area contributed by atoms with Crippen molar-refractivity contribution in [2.45, 2.75) is 39.2 Å². The van der Waals surface area contributed by atoms with Crippen LogP contribution in [-0.4, -0.2) is 37.7 Å². The number of aromatic nitrogens is 1. The average Bonchev–Trinajstić information content (AvgIpc) is 3.16. The van der Waals surface area contributed by atoms with Crippen LogP contribution in [0.25, 0.3) is 0 Å². The number of hydrogen-bond donors (Lipinski definition) is 2. The molecule has 1 aromatic heterocycles. The van der Waals surface area contributed by atoms with Gasteiger partial charge in [0.1, 0.15) is 18.2 Å². The Morgan fingerprint density at radius 2 is 1.96 bits per heavy atom. The summed E-state index contributed by atoms with van der Waals surface area (Å²) in [6.07, 6.45) is 2.97. The number of benzene rings is 1. The van der Waals surface area contributed by atoms with Crippen LogP contribution in [0.2, 0.25) is 0 Å². The molecule has 0 atom stereocenters. The van der Waals surface area contributed by atoms with Crippen LogP contribution in [0.1, 0.15) is 36.2 Å². The topological polar surface area (TPSA) is 67.8 Å². The van der Waals surface area contributed by atoms with Gasteiger partial charge in [-0.2, -0.15) is 0 Å². The van der Waals surface area contributed by atoms with Crippen LogP contribution in [-0.2, 0) is 18.4 Å². The normalized spacial score (nSPS) is 13.6. The van der Waals surface area contributed by atoms with E-state index < -0.39 is 0 Å². The fourth-order valence-electron chi connectivity index (χ4n) is 2.84. The molecule has 0 bridgehead atoms. The zero-order valence-corrected chi connectivity index (χ0v) is 20.0. The van der Waals surface area contributed by atoms with Crippen molar-refractivity contribution in [1.82, 2.24) is 15.6 Å². The van der Waals surface area contributed by atoms with Gasteiger partial charge in [-0.1, -0.05) is 26.8 Å². The quantitative estimate of drug-likeness (QED) is 0.348. The van der Waals surface area contributed by atoms with Crippen LogP contribution >= 0.6 is 35.3 Å². The first kappa shape index (κ1) is 22.7. The fraction of sp³-hybridized carbons (Fsp3) is 0.500. The molecule has 8 heteroatoms. The molecule has 154 valence electrons. The molecule has 2 N–H and O–H groups in total. The van der Waals surface area contributed by atoms with Gasteiger partial charge >= 0.3 is 0 Å². The predicted molar refractivity (Wildman–Crippen MR) is 126 cm³/mol. The van der Waals surface area contributed by atoms with E-state index in [9.17, 15) is 0 Å². The van der Waals surface area contributed by atoms with Crippen LogP contribution in [0.3, 0.4) is 0 Å². The Balaban J connectivity index is 0.00000280. The summed E-state index contributed by atoms with van der Waals surface area (Å²) in [5, 5.41) is 7.83. The number of nitrogens with zero attached hydrogens (tertiary/aromatic N) is 2. The van der Waals surface area contributed by atoms with Crippen LogP contribution in [0.15, 0.2) is 29.4 Å². The summed E-state index contributed by atoms with van der Waals surface area (Å²) in [6, 6.07) is 6.17. The highest BCUT2D eigenvalue weighted by Crippen LogP contribution is 2.34. The number of guanidine groups is 1. The lowest BCUT2D eigenvalue weighted by atomic mass is 9.84. The summed E-state index contributed by atoms with van der Waals surface area (Å²) in [4.78, 5) is 10.1. The molecule has 0 saturated heterocycles. The minimum Gasteiger partial charge on any atom is -0.486 e. The van der Waals surface area contributed by atoms with Crippen molar-refractivity contribution in [3.63, 3.8) is 0 Å². The first-order valence-electron chi connectivity index (χ1n) is 9.30. The number of halogens is 1. The number of ether oxygens (including phenoxy) is 2. The zero-order valence-electron chi connectivity index (χ0n) is 16.9. The van der Waals surface area contributed by atoms with Gasteiger partial charge in [0.15, 0.2) is 17.5 Å². The van der Waals surface area contributed by atoms with Crippen LogP contribution < -0.4 is 20.1 Å². The van der Waals surface area contributed by atoms with E-state index in [0.29, 0.717) is 19.8 Å². The van der Waals surface area contributed by atoms with Crippen molar-refractivity contribution in [3.05, 3.63) is 39.8 Å². The van der Waals surface area contributed by atoms with Crippen LogP contribution in [0.4, 0.5) is 0 Å². The van der Waals surface area contributed by atoms with Crippen molar-refractivity contribution < 1.29 is 9.47 Å². The van der Waals surface area contributed by atoms with Gasteiger partial charge in [0.25, 0.3) is 0 Å². The highest BCUT2D eigenvalue weighted by Gasteiger charge is 2.24. The second-order valence-corrected chi connectivity index (χ2v) is 8.30. The van der Waals surface area contributed by atoms with Gasteiger partial charge in [0, 0.05) is 30.1 Å². The maximum absolute atomic E-state index is 5.72. The molecule has 0 saturated carbocycles. The SMILES string of the molecule is CCc1cnc(CNC(=NC)NCC(C)(C)c2ccc3c(c2)OCCO3)s1.I. The van der Waals surface area contributed by atoms with Crippen LogP contribution in [0, 0.1) is 0 Å². The maximum Gasteiger partial charge on any atom is 0.191 e. The average molecular weight is 516 g/mol. The fourth-order valence-corrected chi connectivity index (χ4v) is 3.65. The van der Waals surface area contributed by atoms with Crippen molar-refractivity contribution in [3.8, 4) is 11.5 Å². The second-order valence-electron chi connectivity index (χ2n) is 7.10. The Morgan fingerprint density at radius 3 is 2.64 bits per heavy atom. The van der Waals surface area contributed by atoms with Crippen molar-refractivity contribution >= 4 is 41.3 Å².